The van der Waals surface area contributed by atoms with Crippen LogP contribution in [0, 0.1) is 11.8 Å². The van der Waals surface area contributed by atoms with E-state index in [4.69, 9.17) is 10.5 Å². The SMILES string of the molecule is COC(N)NC(S)NC(=O)N1CC2CCC[C@@H]2C1. The number of carbonyl (C=O) groups is 1. The first-order valence-electron chi connectivity index (χ1n) is 6.38. The predicted octanol–water partition coefficient (Wildman–Crippen LogP) is 0.120. The van der Waals surface area contributed by atoms with Crippen molar-refractivity contribution in [2.24, 2.45) is 17.6 Å². The van der Waals surface area contributed by atoms with E-state index >= 15 is 0 Å². The van der Waals surface area contributed by atoms with Gasteiger partial charge in [0.15, 0.2) is 6.35 Å². The Hall–Kier alpha value is -0.500. The van der Waals surface area contributed by atoms with Gasteiger partial charge in [-0.1, -0.05) is 6.42 Å². The highest BCUT2D eigenvalue weighted by molar-refractivity contribution is 7.80. The van der Waals surface area contributed by atoms with Gasteiger partial charge < -0.3 is 15.0 Å². The molecule has 3 unspecified atom stereocenters. The second-order valence-corrected chi connectivity index (χ2v) is 5.55. The smallest absolute Gasteiger partial charge is 0.319 e. The molecule has 0 spiro atoms. The van der Waals surface area contributed by atoms with Crippen LogP contribution >= 0.6 is 12.6 Å². The van der Waals surface area contributed by atoms with Crippen LogP contribution in [-0.2, 0) is 4.74 Å². The molecule has 1 saturated carbocycles. The zero-order valence-corrected chi connectivity index (χ0v) is 11.5. The molecule has 0 aromatic carbocycles. The van der Waals surface area contributed by atoms with Gasteiger partial charge in [-0.05, 0) is 24.7 Å². The summed E-state index contributed by atoms with van der Waals surface area (Å²) in [5.41, 5.74) is 5.02. The number of nitrogens with zero attached hydrogens (tertiary/aromatic N) is 1. The molecule has 0 bridgehead atoms. The molecular formula is C11H22N4O2S. The highest BCUT2D eigenvalue weighted by Gasteiger charge is 2.38. The number of likely N-dealkylation sites (tertiary alicyclic amines) is 1. The summed E-state index contributed by atoms with van der Waals surface area (Å²) in [6.45, 7) is 1.74. The standard InChI is InChI=1S/C11H22N4O2S/c1-17-9(12)13-10(18)14-11(16)15-5-7-3-2-4-8(7)6-15/h7-10,13,18H,2-6,12H2,1H3,(H,14,16)/t7-,8?,9?,10?/m1/s1. The van der Waals surface area contributed by atoms with Gasteiger partial charge in [0.25, 0.3) is 0 Å². The van der Waals surface area contributed by atoms with Gasteiger partial charge in [-0.3, -0.25) is 11.1 Å². The number of thiol groups is 1. The molecule has 0 aromatic rings. The first kappa shape index (κ1) is 13.9. The van der Waals surface area contributed by atoms with E-state index in [0.29, 0.717) is 11.8 Å². The van der Waals surface area contributed by atoms with Crippen molar-refractivity contribution in [2.75, 3.05) is 20.2 Å². The van der Waals surface area contributed by atoms with Gasteiger partial charge in [0.2, 0.25) is 0 Å². The lowest BCUT2D eigenvalue weighted by Gasteiger charge is -2.23. The molecule has 2 amide bonds. The summed E-state index contributed by atoms with van der Waals surface area (Å²) in [5, 5.41) is 5.55. The summed E-state index contributed by atoms with van der Waals surface area (Å²) < 4.78 is 4.84. The van der Waals surface area contributed by atoms with E-state index in [2.05, 4.69) is 23.3 Å². The highest BCUT2D eigenvalue weighted by Crippen LogP contribution is 2.37. The van der Waals surface area contributed by atoms with Gasteiger partial charge in [-0.25, -0.2) is 4.79 Å². The fraction of sp³-hybridized carbons (Fsp3) is 0.909. The monoisotopic (exact) mass is 274 g/mol. The summed E-state index contributed by atoms with van der Waals surface area (Å²) >= 11 is 4.21. The summed E-state index contributed by atoms with van der Waals surface area (Å²) in [6, 6.07) is -0.0831. The van der Waals surface area contributed by atoms with Crippen molar-refractivity contribution in [1.29, 1.82) is 0 Å². The van der Waals surface area contributed by atoms with Crippen LogP contribution in [0.5, 0.6) is 0 Å². The molecular weight excluding hydrogens is 252 g/mol. The Kier molecular flexibility index (Phi) is 4.71. The van der Waals surface area contributed by atoms with Crippen LogP contribution < -0.4 is 16.4 Å². The van der Waals surface area contributed by atoms with Crippen LogP contribution in [0.25, 0.3) is 0 Å². The van der Waals surface area contributed by atoms with E-state index in [0.717, 1.165) is 13.1 Å². The number of rotatable bonds is 4. The molecule has 2 rings (SSSR count). The zero-order chi connectivity index (χ0) is 13.1. The molecule has 1 aliphatic heterocycles. The van der Waals surface area contributed by atoms with Crippen molar-refractivity contribution < 1.29 is 9.53 Å². The quantitative estimate of drug-likeness (QED) is 0.434. The number of ether oxygens (including phenoxy) is 1. The van der Waals surface area contributed by atoms with Crippen LogP contribution in [0.1, 0.15) is 19.3 Å². The number of methoxy groups -OCH3 is 1. The summed E-state index contributed by atoms with van der Waals surface area (Å²) in [6.07, 6.45) is 3.19. The molecule has 2 fully saturated rings. The molecule has 0 radical (unpaired) electrons. The van der Waals surface area contributed by atoms with E-state index in [1.54, 1.807) is 0 Å². The van der Waals surface area contributed by atoms with Crippen molar-refractivity contribution in [3.63, 3.8) is 0 Å². The minimum atomic E-state index is -0.634. The lowest BCUT2D eigenvalue weighted by atomic mass is 10.0. The molecule has 18 heavy (non-hydrogen) atoms. The number of carbonyl (C=O) groups excluding carboxylic acids is 1. The number of nitrogens with one attached hydrogen (secondary N) is 2. The third-order valence-corrected chi connectivity index (χ3v) is 4.13. The van der Waals surface area contributed by atoms with Crippen molar-refractivity contribution >= 4 is 18.7 Å². The summed E-state index contributed by atoms with van der Waals surface area (Å²) in [7, 11) is 1.49. The van der Waals surface area contributed by atoms with Crippen LogP contribution in [0.2, 0.25) is 0 Å². The Bertz CT molecular complexity index is 293. The Morgan fingerprint density at radius 2 is 2.06 bits per heavy atom. The molecule has 1 aliphatic carbocycles. The molecule has 1 heterocycles. The first-order valence-corrected chi connectivity index (χ1v) is 6.89. The van der Waals surface area contributed by atoms with Crippen LogP contribution in [0.3, 0.4) is 0 Å². The average Bonchev–Trinajstić information content (AvgIpc) is 2.88. The minimum Gasteiger partial charge on any atom is -0.353 e. The van der Waals surface area contributed by atoms with Gasteiger partial charge in [0.1, 0.15) is 5.50 Å². The summed E-state index contributed by atoms with van der Waals surface area (Å²) in [4.78, 5) is 13.9. The number of nitrogens with two attached hydrogens (primary N) is 1. The molecule has 0 aromatic heterocycles. The number of fused-ring (bicyclic) bond motifs is 1. The number of hydrogen-bond acceptors (Lipinski definition) is 5. The molecule has 6 nitrogen and oxygen atoms in total. The second kappa shape index (κ2) is 6.10. The minimum absolute atomic E-state index is 0.0831. The molecule has 1 saturated heterocycles. The third kappa shape index (κ3) is 3.28. The molecule has 7 heteroatoms. The number of amides is 2. The normalized spacial score (nSPS) is 30.1. The highest BCUT2D eigenvalue weighted by atomic mass is 32.1. The van der Waals surface area contributed by atoms with E-state index in [1.165, 1.54) is 26.4 Å². The maximum atomic E-state index is 12.0. The largest absolute Gasteiger partial charge is 0.353 e. The van der Waals surface area contributed by atoms with E-state index < -0.39 is 11.8 Å². The predicted molar refractivity (Wildman–Crippen MR) is 71.8 cm³/mol. The Morgan fingerprint density at radius 3 is 2.61 bits per heavy atom. The van der Waals surface area contributed by atoms with E-state index in [-0.39, 0.29) is 6.03 Å². The second-order valence-electron chi connectivity index (χ2n) is 5.03. The average molecular weight is 274 g/mol. The summed E-state index contributed by atoms with van der Waals surface area (Å²) in [5.74, 6) is 1.40. The van der Waals surface area contributed by atoms with Gasteiger partial charge in [0.05, 0.1) is 0 Å². The van der Waals surface area contributed by atoms with Gasteiger partial charge in [-0.15, -0.1) is 12.6 Å². The first-order chi connectivity index (χ1) is 8.60. The number of hydrogen-bond donors (Lipinski definition) is 4. The van der Waals surface area contributed by atoms with E-state index in [1.807, 2.05) is 4.90 Å². The molecule has 4 atom stereocenters. The van der Waals surface area contributed by atoms with Crippen molar-refractivity contribution in [3.05, 3.63) is 0 Å². The third-order valence-electron chi connectivity index (χ3n) is 3.85. The molecule has 4 N–H and O–H groups in total. The molecule has 104 valence electrons. The van der Waals surface area contributed by atoms with Crippen molar-refractivity contribution in [3.8, 4) is 0 Å². The molecule has 2 aliphatic rings. The van der Waals surface area contributed by atoms with Crippen molar-refractivity contribution in [2.45, 2.75) is 31.1 Å². The maximum absolute atomic E-state index is 12.0. The Labute approximate surface area is 113 Å². The lowest BCUT2D eigenvalue weighted by Crippen LogP contribution is -2.53. The van der Waals surface area contributed by atoms with Crippen LogP contribution in [0.15, 0.2) is 0 Å². The topological polar surface area (TPSA) is 79.6 Å². The fourth-order valence-electron chi connectivity index (χ4n) is 2.87. The maximum Gasteiger partial charge on any atom is 0.319 e. The Balaban J connectivity index is 1.75. The fourth-order valence-corrected chi connectivity index (χ4v) is 3.13. The number of urea groups is 1. The zero-order valence-electron chi connectivity index (χ0n) is 10.6. The Morgan fingerprint density at radius 1 is 1.44 bits per heavy atom. The van der Waals surface area contributed by atoms with Gasteiger partial charge in [0, 0.05) is 20.2 Å². The van der Waals surface area contributed by atoms with Crippen LogP contribution in [-0.4, -0.2) is 43.0 Å². The van der Waals surface area contributed by atoms with Gasteiger partial charge >= 0.3 is 6.03 Å². The van der Waals surface area contributed by atoms with Crippen molar-refractivity contribution in [1.82, 2.24) is 15.5 Å². The van der Waals surface area contributed by atoms with E-state index in [9.17, 15) is 4.79 Å². The van der Waals surface area contributed by atoms with Crippen LogP contribution in [0.4, 0.5) is 4.79 Å². The lowest BCUT2D eigenvalue weighted by molar-refractivity contribution is 0.0746. The van der Waals surface area contributed by atoms with Gasteiger partial charge in [-0.2, -0.15) is 0 Å².